The van der Waals surface area contributed by atoms with Crippen LogP contribution < -0.4 is 0 Å². The van der Waals surface area contributed by atoms with Gasteiger partial charge in [0.1, 0.15) is 0 Å². The summed E-state index contributed by atoms with van der Waals surface area (Å²) in [6, 6.07) is 0. The molecule has 0 amide bonds. The summed E-state index contributed by atoms with van der Waals surface area (Å²) in [7, 11) is 10.8. The Morgan fingerprint density at radius 1 is 1.67 bits per heavy atom. The summed E-state index contributed by atoms with van der Waals surface area (Å²) in [4.78, 5) is 0. The van der Waals surface area contributed by atoms with E-state index in [0.29, 0.717) is 0 Å². The van der Waals surface area contributed by atoms with E-state index >= 15 is 0 Å². The van der Waals surface area contributed by atoms with Crippen molar-refractivity contribution in [1.29, 1.82) is 0 Å². The van der Waals surface area contributed by atoms with Gasteiger partial charge >= 0.3 is 50.5 Å². The van der Waals surface area contributed by atoms with E-state index in [1.807, 2.05) is 0 Å². The molecule has 0 radical (unpaired) electrons. The van der Waals surface area contributed by atoms with Crippen molar-refractivity contribution in [1.82, 2.24) is 0 Å². The van der Waals surface area contributed by atoms with Crippen LogP contribution in [0.4, 0.5) is 0 Å². The van der Waals surface area contributed by atoms with Crippen molar-refractivity contribution in [2.24, 2.45) is 0 Å². The van der Waals surface area contributed by atoms with E-state index in [9.17, 15) is 0 Å². The Kier molecular flexibility index (Phi) is 4.64. The summed E-state index contributed by atoms with van der Waals surface area (Å²) in [6.45, 7) is 3.47. The Morgan fingerprint density at radius 3 is 2.17 bits per heavy atom. The molecule has 0 heterocycles. The molecule has 0 spiro atoms. The number of rotatable bonds is 2. The second kappa shape index (κ2) is 4.05. The SMILES string of the molecule is C=CC[As](Cl)Cl. The first kappa shape index (κ1) is 6.88. The molecule has 0 saturated heterocycles. The van der Waals surface area contributed by atoms with Crippen LogP contribution in [-0.2, 0) is 0 Å². The summed E-state index contributed by atoms with van der Waals surface area (Å²) >= 11 is -1.40. The molecule has 0 saturated carbocycles. The van der Waals surface area contributed by atoms with Gasteiger partial charge in [-0.1, -0.05) is 0 Å². The zero-order valence-electron chi connectivity index (χ0n) is 3.19. The van der Waals surface area contributed by atoms with Crippen molar-refractivity contribution in [3.05, 3.63) is 12.7 Å². The summed E-state index contributed by atoms with van der Waals surface area (Å²) in [5.74, 6) is 0. The van der Waals surface area contributed by atoms with E-state index < -0.39 is 12.8 Å². The van der Waals surface area contributed by atoms with Gasteiger partial charge in [0.15, 0.2) is 0 Å². The van der Waals surface area contributed by atoms with Gasteiger partial charge in [-0.05, 0) is 0 Å². The number of hydrogen-bond donors (Lipinski definition) is 0. The predicted octanol–water partition coefficient (Wildman–Crippen LogP) is 2.14. The molecule has 0 aromatic carbocycles. The normalized spacial score (nSPS) is 9.17. The van der Waals surface area contributed by atoms with Gasteiger partial charge < -0.3 is 0 Å². The zero-order valence-corrected chi connectivity index (χ0v) is 6.58. The fourth-order valence-corrected chi connectivity index (χ4v) is 1.52. The minimum atomic E-state index is -1.40. The van der Waals surface area contributed by atoms with Gasteiger partial charge in [0, 0.05) is 0 Å². The van der Waals surface area contributed by atoms with Crippen LogP contribution in [0.5, 0.6) is 0 Å². The topological polar surface area (TPSA) is 0 Å². The van der Waals surface area contributed by atoms with E-state index in [2.05, 4.69) is 6.58 Å². The molecule has 0 aliphatic rings. The maximum atomic E-state index is 5.42. The molecule has 0 aromatic heterocycles. The van der Waals surface area contributed by atoms with Crippen LogP contribution >= 0.6 is 19.9 Å². The fourth-order valence-electron chi connectivity index (χ4n) is 0.0976. The molecular weight excluding hydrogens is 182 g/mol. The second-order valence-corrected chi connectivity index (χ2v) is 7.95. The van der Waals surface area contributed by atoms with Crippen LogP contribution in [0, 0.1) is 0 Å². The number of hydrogen-bond acceptors (Lipinski definition) is 0. The third-order valence-electron chi connectivity index (χ3n) is 0.267. The van der Waals surface area contributed by atoms with Crippen molar-refractivity contribution in [3.63, 3.8) is 0 Å². The van der Waals surface area contributed by atoms with Gasteiger partial charge in [-0.25, -0.2) is 0 Å². The Balaban J connectivity index is 2.81. The average Bonchev–Trinajstić information content (AvgIpc) is 1.35. The van der Waals surface area contributed by atoms with E-state index in [1.54, 1.807) is 6.08 Å². The molecule has 0 unspecified atom stereocenters. The predicted molar refractivity (Wildman–Crippen MR) is 32.5 cm³/mol. The summed E-state index contributed by atoms with van der Waals surface area (Å²) < 4.78 is 0. The van der Waals surface area contributed by atoms with Gasteiger partial charge in [0.25, 0.3) is 0 Å². The zero-order chi connectivity index (χ0) is 4.99. The van der Waals surface area contributed by atoms with Crippen LogP contribution in [-0.4, -0.2) is 12.8 Å². The van der Waals surface area contributed by atoms with Gasteiger partial charge in [-0.2, -0.15) is 0 Å². The van der Waals surface area contributed by atoms with Crippen LogP contribution in [0.2, 0.25) is 5.21 Å². The minimum absolute atomic E-state index is 0.816. The molecule has 0 fully saturated rings. The molecule has 0 rings (SSSR count). The van der Waals surface area contributed by atoms with Crippen molar-refractivity contribution < 1.29 is 0 Å². The molecule has 3 heteroatoms. The van der Waals surface area contributed by atoms with Crippen LogP contribution in [0.25, 0.3) is 0 Å². The number of halogens is 2. The Labute approximate surface area is 50.7 Å². The number of allylic oxidation sites excluding steroid dienone is 1. The first-order valence-corrected chi connectivity index (χ1v) is 7.73. The van der Waals surface area contributed by atoms with E-state index in [0.717, 1.165) is 5.21 Å². The third kappa shape index (κ3) is 4.88. The molecule has 6 heavy (non-hydrogen) atoms. The van der Waals surface area contributed by atoms with E-state index in [4.69, 9.17) is 19.9 Å². The standard InChI is InChI=1S/C3H5AsCl2/c1-2-3-4(5)6/h2H,1,3H2. The Bertz CT molecular complexity index is 44.1. The monoisotopic (exact) mass is 186 g/mol. The summed E-state index contributed by atoms with van der Waals surface area (Å²) in [5, 5.41) is 0.816. The van der Waals surface area contributed by atoms with Gasteiger partial charge in [0.05, 0.1) is 0 Å². The molecule has 0 N–H and O–H groups in total. The van der Waals surface area contributed by atoms with Crippen molar-refractivity contribution in [2.45, 2.75) is 5.21 Å². The fraction of sp³-hybridized carbons (Fsp3) is 0.333. The first-order chi connectivity index (χ1) is 2.77. The average molecular weight is 187 g/mol. The molecule has 0 aromatic rings. The van der Waals surface area contributed by atoms with E-state index in [1.165, 1.54) is 0 Å². The van der Waals surface area contributed by atoms with Crippen LogP contribution in [0.1, 0.15) is 0 Å². The van der Waals surface area contributed by atoms with Gasteiger partial charge in [-0.15, -0.1) is 0 Å². The maximum absolute atomic E-state index is 5.42. The molecule has 0 nitrogen and oxygen atoms in total. The summed E-state index contributed by atoms with van der Waals surface area (Å²) in [5.41, 5.74) is 0. The van der Waals surface area contributed by atoms with Crippen molar-refractivity contribution in [3.8, 4) is 0 Å². The molecule has 0 bridgehead atoms. The van der Waals surface area contributed by atoms with E-state index in [-0.39, 0.29) is 0 Å². The Hall–Kier alpha value is 0.878. The Morgan fingerprint density at radius 2 is 2.17 bits per heavy atom. The molecule has 0 aliphatic carbocycles. The molecular formula is C3H5AsCl2. The summed E-state index contributed by atoms with van der Waals surface area (Å²) in [6.07, 6.45) is 1.75. The van der Waals surface area contributed by atoms with Crippen molar-refractivity contribution >= 4 is 32.7 Å². The van der Waals surface area contributed by atoms with Crippen LogP contribution in [0.15, 0.2) is 12.7 Å². The van der Waals surface area contributed by atoms with Crippen LogP contribution in [0.3, 0.4) is 0 Å². The third-order valence-corrected chi connectivity index (χ3v) is 2.82. The quantitative estimate of drug-likeness (QED) is 0.458. The van der Waals surface area contributed by atoms with Gasteiger partial charge in [0.2, 0.25) is 0 Å². The van der Waals surface area contributed by atoms with Crippen molar-refractivity contribution in [2.75, 3.05) is 0 Å². The second-order valence-electron chi connectivity index (χ2n) is 0.774. The molecule has 36 valence electrons. The first-order valence-electron chi connectivity index (χ1n) is 1.47. The van der Waals surface area contributed by atoms with Gasteiger partial charge in [-0.3, -0.25) is 0 Å². The molecule has 0 aliphatic heterocycles. The molecule has 0 atom stereocenters.